The van der Waals surface area contributed by atoms with E-state index in [1.165, 1.54) is 75.9 Å². The van der Waals surface area contributed by atoms with Gasteiger partial charge in [-0.1, -0.05) is 34.9 Å². The topological polar surface area (TPSA) is 53.1 Å². The molecule has 4 aromatic rings. The van der Waals surface area contributed by atoms with E-state index in [0.29, 0.717) is 11.8 Å². The van der Waals surface area contributed by atoms with E-state index in [4.69, 9.17) is 33.2 Å². The van der Waals surface area contributed by atoms with Gasteiger partial charge >= 0.3 is 0 Å². The number of pyridine rings is 2. The molecule has 0 unspecified atom stereocenters. The van der Waals surface area contributed by atoms with E-state index < -0.39 is 0 Å². The number of nitrogens with one attached hydrogen (secondary N) is 2. The number of halogens is 2. The molecule has 0 saturated carbocycles. The molecule has 0 fully saturated rings. The number of anilines is 2. The monoisotopic (exact) mass is 641 g/mol. The second-order valence-corrected chi connectivity index (χ2v) is 14.5. The average Bonchev–Trinajstić information content (AvgIpc) is 3.01. The Bertz CT molecular complexity index is 1750. The summed E-state index contributed by atoms with van der Waals surface area (Å²) in [6.45, 7) is 6.41. The van der Waals surface area contributed by atoms with Crippen LogP contribution >= 0.6 is 23.2 Å². The lowest BCUT2D eigenvalue weighted by Gasteiger charge is -2.36. The van der Waals surface area contributed by atoms with E-state index in [1.54, 1.807) is 0 Å². The van der Waals surface area contributed by atoms with Crippen LogP contribution in [0.15, 0.2) is 48.0 Å². The van der Waals surface area contributed by atoms with E-state index in [0.717, 1.165) is 85.8 Å². The molecule has 0 spiro atoms. The Balaban J connectivity index is 0.925. The quantitative estimate of drug-likeness (QED) is 0.126. The molecule has 3 aliphatic carbocycles. The fraction of sp³-hybridized carbons (Fsp3) is 0.474. The summed E-state index contributed by atoms with van der Waals surface area (Å²) < 4.78 is 0. The molecule has 2 aromatic carbocycles. The normalized spacial score (nSPS) is 19.0. The Labute approximate surface area is 277 Å². The van der Waals surface area contributed by atoms with E-state index in [1.807, 2.05) is 24.3 Å². The van der Waals surface area contributed by atoms with Gasteiger partial charge < -0.3 is 15.5 Å². The molecule has 2 N–H and O–H groups in total. The van der Waals surface area contributed by atoms with Gasteiger partial charge in [0.05, 0.1) is 11.0 Å². The van der Waals surface area contributed by atoms with Gasteiger partial charge in [-0.05, 0) is 145 Å². The number of benzene rings is 2. The van der Waals surface area contributed by atoms with Crippen LogP contribution < -0.4 is 10.6 Å². The van der Waals surface area contributed by atoms with E-state index in [9.17, 15) is 0 Å². The number of aryl methyl sites for hydroxylation is 1. The lowest BCUT2D eigenvalue weighted by molar-refractivity contribution is 0.326. The summed E-state index contributed by atoms with van der Waals surface area (Å²) in [5.41, 5.74) is 11.5. The maximum atomic E-state index is 6.39. The minimum absolute atomic E-state index is 0.559. The number of fused-ring (bicyclic) bond motifs is 7. The second kappa shape index (κ2) is 13.5. The molecule has 0 saturated heterocycles. The lowest BCUT2D eigenvalue weighted by atomic mass is 9.71. The Morgan fingerprint density at radius 1 is 0.800 bits per heavy atom. The predicted octanol–water partition coefficient (Wildman–Crippen LogP) is 9.59. The van der Waals surface area contributed by atoms with Crippen LogP contribution in [0.5, 0.6) is 0 Å². The van der Waals surface area contributed by atoms with Crippen LogP contribution in [0.4, 0.5) is 11.4 Å². The highest BCUT2D eigenvalue weighted by Gasteiger charge is 2.33. The van der Waals surface area contributed by atoms with Crippen molar-refractivity contribution >= 4 is 56.4 Å². The van der Waals surface area contributed by atoms with E-state index in [2.05, 4.69) is 47.7 Å². The van der Waals surface area contributed by atoms with Gasteiger partial charge in [0.15, 0.2) is 0 Å². The number of allylic oxidation sites excluding steroid dienone is 2. The Morgan fingerprint density at radius 3 is 2.27 bits per heavy atom. The molecule has 5 nitrogen and oxygen atoms in total. The third-order valence-electron chi connectivity index (χ3n) is 10.1. The second-order valence-electron chi connectivity index (χ2n) is 13.6. The highest BCUT2D eigenvalue weighted by molar-refractivity contribution is 6.31. The molecular weight excluding hydrogens is 597 g/mol. The SMILES string of the molecule is CC1=C[C@@H]2Cc3nc4cc(Cl)ccc4c(NCCCN(C)CCCCNc4c5c(nc6cc(Cl)ccc46)CCCC5)c3[C@H](C1)C2. The molecule has 45 heavy (non-hydrogen) atoms. The summed E-state index contributed by atoms with van der Waals surface area (Å²) in [5.74, 6) is 1.18. The van der Waals surface area contributed by atoms with Crippen molar-refractivity contribution in [2.24, 2.45) is 5.92 Å². The number of hydrogen-bond donors (Lipinski definition) is 2. The van der Waals surface area contributed by atoms with Crippen LogP contribution in [0.1, 0.15) is 80.3 Å². The van der Waals surface area contributed by atoms with Gasteiger partial charge in [0.1, 0.15) is 0 Å². The van der Waals surface area contributed by atoms with Gasteiger partial charge in [-0.2, -0.15) is 0 Å². The van der Waals surface area contributed by atoms with Crippen LogP contribution in [-0.2, 0) is 19.3 Å². The van der Waals surface area contributed by atoms with Gasteiger partial charge in [-0.15, -0.1) is 0 Å². The summed E-state index contributed by atoms with van der Waals surface area (Å²) in [6.07, 6.45) is 14.0. The van der Waals surface area contributed by atoms with Gasteiger partial charge in [-0.25, -0.2) is 0 Å². The number of nitrogens with zero attached hydrogens (tertiary/aromatic N) is 3. The maximum Gasteiger partial charge on any atom is 0.0741 e. The summed E-state index contributed by atoms with van der Waals surface area (Å²) in [5, 5.41) is 11.6. The molecule has 0 aliphatic heterocycles. The van der Waals surface area contributed by atoms with Crippen molar-refractivity contribution in [1.82, 2.24) is 14.9 Å². The number of rotatable bonds is 11. The summed E-state index contributed by atoms with van der Waals surface area (Å²) in [6, 6.07) is 12.3. The van der Waals surface area contributed by atoms with Gasteiger partial charge in [0.2, 0.25) is 0 Å². The van der Waals surface area contributed by atoms with E-state index in [-0.39, 0.29) is 0 Å². The van der Waals surface area contributed by atoms with Gasteiger partial charge in [-0.3, -0.25) is 9.97 Å². The maximum absolute atomic E-state index is 6.39. The highest BCUT2D eigenvalue weighted by Crippen LogP contribution is 2.47. The van der Waals surface area contributed by atoms with Crippen molar-refractivity contribution in [3.05, 3.63) is 80.6 Å². The summed E-state index contributed by atoms with van der Waals surface area (Å²) in [4.78, 5) is 12.6. The molecule has 0 radical (unpaired) electrons. The zero-order chi connectivity index (χ0) is 30.9. The van der Waals surface area contributed by atoms with Crippen LogP contribution in [0.3, 0.4) is 0 Å². The number of unbranched alkanes of at least 4 members (excludes halogenated alkanes) is 1. The van der Waals surface area contributed by atoms with Crippen molar-refractivity contribution in [2.75, 3.05) is 43.9 Å². The Hall–Kier alpha value is -2.86. The van der Waals surface area contributed by atoms with Crippen molar-refractivity contribution < 1.29 is 0 Å². The highest BCUT2D eigenvalue weighted by atomic mass is 35.5. The van der Waals surface area contributed by atoms with Crippen molar-refractivity contribution in [1.29, 1.82) is 0 Å². The smallest absolute Gasteiger partial charge is 0.0741 e. The molecule has 2 heterocycles. The largest absolute Gasteiger partial charge is 0.384 e. The van der Waals surface area contributed by atoms with Crippen molar-refractivity contribution in [3.63, 3.8) is 0 Å². The molecule has 2 atom stereocenters. The minimum Gasteiger partial charge on any atom is -0.384 e. The first kappa shape index (κ1) is 30.8. The fourth-order valence-electron chi connectivity index (χ4n) is 8.07. The molecule has 2 aromatic heterocycles. The molecular formula is C38H45Cl2N5. The average molecular weight is 643 g/mol. The Morgan fingerprint density at radius 2 is 1.47 bits per heavy atom. The molecule has 3 aliphatic rings. The third kappa shape index (κ3) is 6.68. The number of aromatic nitrogens is 2. The molecule has 7 heteroatoms. The van der Waals surface area contributed by atoms with Gasteiger partial charge in [0, 0.05) is 62.2 Å². The zero-order valence-electron chi connectivity index (χ0n) is 26.7. The van der Waals surface area contributed by atoms with Crippen LogP contribution in [-0.4, -0.2) is 48.1 Å². The molecule has 0 amide bonds. The fourth-order valence-corrected chi connectivity index (χ4v) is 8.40. The first-order valence-electron chi connectivity index (χ1n) is 17.0. The molecule has 236 valence electrons. The van der Waals surface area contributed by atoms with Crippen molar-refractivity contribution in [3.8, 4) is 0 Å². The van der Waals surface area contributed by atoms with Crippen LogP contribution in [0.2, 0.25) is 10.0 Å². The number of hydrogen-bond acceptors (Lipinski definition) is 5. The minimum atomic E-state index is 0.559. The first-order chi connectivity index (χ1) is 21.9. The van der Waals surface area contributed by atoms with Gasteiger partial charge in [0.25, 0.3) is 0 Å². The zero-order valence-corrected chi connectivity index (χ0v) is 28.2. The van der Waals surface area contributed by atoms with Crippen LogP contribution in [0, 0.1) is 5.92 Å². The molecule has 7 rings (SSSR count). The standard InChI is InChI=1S/C38H45Cl2N5/c1-24-18-25-20-26(19-24)36-35(21-25)44-34-23-28(40)11-13-31(34)38(36)42-15-7-17-45(2)16-6-5-14-41-37-29-8-3-4-9-32(29)43-33-22-27(39)10-12-30(33)37/h10-13,18,22-23,25-26H,3-9,14-17,19-21H2,1-2H3,(H,41,43)(H,42,44)/t25-,26+/m0/s1. The molecule has 2 bridgehead atoms. The third-order valence-corrected chi connectivity index (χ3v) is 10.6. The first-order valence-corrected chi connectivity index (χ1v) is 17.7. The Kier molecular flexibility index (Phi) is 9.21. The van der Waals surface area contributed by atoms with Crippen molar-refractivity contribution in [2.45, 2.75) is 77.0 Å². The summed E-state index contributed by atoms with van der Waals surface area (Å²) >= 11 is 12.7. The predicted molar refractivity (Wildman–Crippen MR) is 191 cm³/mol. The van der Waals surface area contributed by atoms with E-state index >= 15 is 0 Å². The summed E-state index contributed by atoms with van der Waals surface area (Å²) in [7, 11) is 2.26. The van der Waals surface area contributed by atoms with Crippen LogP contribution in [0.25, 0.3) is 21.8 Å². The lowest BCUT2D eigenvalue weighted by Crippen LogP contribution is -2.26.